The maximum atomic E-state index is 13.0. The molecule has 1 aromatic heterocycles. The molecule has 8 nitrogen and oxygen atoms in total. The highest BCUT2D eigenvalue weighted by Crippen LogP contribution is 2.30. The minimum absolute atomic E-state index is 0.0275. The highest BCUT2D eigenvalue weighted by molar-refractivity contribution is 8.04. The lowest BCUT2D eigenvalue weighted by molar-refractivity contribution is -0.116. The fourth-order valence-electron chi connectivity index (χ4n) is 3.26. The number of para-hydroxylation sites is 2. The summed E-state index contributed by atoms with van der Waals surface area (Å²) in [7, 11) is 0. The Bertz CT molecular complexity index is 1240. The van der Waals surface area contributed by atoms with Crippen molar-refractivity contribution in [3.63, 3.8) is 0 Å². The molecule has 0 unspecified atom stereocenters. The lowest BCUT2D eigenvalue weighted by Gasteiger charge is -2.12. The summed E-state index contributed by atoms with van der Waals surface area (Å²) in [6.07, 6.45) is 2.03. The van der Waals surface area contributed by atoms with Crippen molar-refractivity contribution in [1.82, 2.24) is 10.2 Å². The second-order valence-electron chi connectivity index (χ2n) is 7.21. The number of nitrogens with zero attached hydrogens (tertiary/aromatic N) is 1. The molecule has 0 bridgehead atoms. The van der Waals surface area contributed by atoms with E-state index in [-0.39, 0.29) is 34.2 Å². The van der Waals surface area contributed by atoms with Crippen molar-refractivity contribution < 1.29 is 19.2 Å². The van der Waals surface area contributed by atoms with Gasteiger partial charge in [-0.1, -0.05) is 36.4 Å². The normalized spacial score (nSPS) is 12.7. The largest absolute Gasteiger partial charge is 0.326 e. The second kappa shape index (κ2) is 10.1. The SMILES string of the molecule is O=C(CCCSC1=CC(=O)c2n[nH]c(C(=O)Nc3ccccc3)c2C1=O)Nc1ccccc1. The van der Waals surface area contributed by atoms with E-state index < -0.39 is 17.5 Å². The number of thioether (sulfide) groups is 1. The molecule has 0 fully saturated rings. The maximum absolute atomic E-state index is 13.0. The summed E-state index contributed by atoms with van der Waals surface area (Å²) in [6, 6.07) is 17.9. The van der Waals surface area contributed by atoms with E-state index in [2.05, 4.69) is 20.8 Å². The fraction of sp³-hybridized carbons (Fsp3) is 0.125. The van der Waals surface area contributed by atoms with Crippen LogP contribution >= 0.6 is 11.8 Å². The molecular weight excluding hydrogens is 440 g/mol. The predicted octanol–water partition coefficient (Wildman–Crippen LogP) is 4.08. The summed E-state index contributed by atoms with van der Waals surface area (Å²) in [5.41, 5.74) is 1.13. The molecule has 3 aromatic rings. The zero-order chi connectivity index (χ0) is 23.2. The van der Waals surface area contributed by atoms with E-state index in [9.17, 15) is 19.2 Å². The average Bonchev–Trinajstić information content (AvgIpc) is 3.27. The Morgan fingerprint density at radius 1 is 0.909 bits per heavy atom. The Morgan fingerprint density at radius 3 is 2.21 bits per heavy atom. The third-order valence-electron chi connectivity index (χ3n) is 4.83. The van der Waals surface area contributed by atoms with E-state index in [1.807, 2.05) is 24.3 Å². The number of allylic oxidation sites excluding steroid dienone is 2. The van der Waals surface area contributed by atoms with Crippen molar-refractivity contribution in [1.29, 1.82) is 0 Å². The predicted molar refractivity (Wildman–Crippen MR) is 126 cm³/mol. The lowest BCUT2D eigenvalue weighted by Crippen LogP contribution is -2.20. The third-order valence-corrected chi connectivity index (χ3v) is 5.94. The van der Waals surface area contributed by atoms with Crippen LogP contribution in [0.4, 0.5) is 11.4 Å². The van der Waals surface area contributed by atoms with Gasteiger partial charge in [0.25, 0.3) is 5.91 Å². The highest BCUT2D eigenvalue weighted by Gasteiger charge is 2.33. The number of H-pyrrole nitrogens is 1. The standard InChI is InChI=1S/C24H20N4O4S/c29-17-14-18(33-13-7-12-19(30)25-15-8-3-1-4-9-15)23(31)20-21(17)27-28-22(20)24(32)26-16-10-5-2-6-11-16/h1-6,8-11,14H,7,12-13H2,(H,25,30)(H,26,32)(H,27,28). The molecule has 3 N–H and O–H groups in total. The quantitative estimate of drug-likeness (QED) is 0.436. The van der Waals surface area contributed by atoms with Gasteiger partial charge in [0.15, 0.2) is 0 Å². The number of nitrogens with one attached hydrogen (secondary N) is 3. The van der Waals surface area contributed by atoms with Crippen molar-refractivity contribution in [2.75, 3.05) is 16.4 Å². The van der Waals surface area contributed by atoms with Crippen LogP contribution in [0.25, 0.3) is 0 Å². The number of ketones is 2. The number of aromatic nitrogens is 2. The van der Waals surface area contributed by atoms with Crippen LogP contribution in [0.2, 0.25) is 0 Å². The van der Waals surface area contributed by atoms with Crippen molar-refractivity contribution in [2.24, 2.45) is 0 Å². The smallest absolute Gasteiger partial charge is 0.274 e. The molecule has 1 aliphatic carbocycles. The van der Waals surface area contributed by atoms with Gasteiger partial charge in [-0.2, -0.15) is 5.10 Å². The van der Waals surface area contributed by atoms with Gasteiger partial charge in [-0.3, -0.25) is 24.3 Å². The number of aromatic amines is 1. The Kier molecular flexibility index (Phi) is 6.80. The van der Waals surface area contributed by atoms with Gasteiger partial charge in [0, 0.05) is 23.9 Å². The number of amides is 2. The van der Waals surface area contributed by atoms with Gasteiger partial charge in [-0.25, -0.2) is 0 Å². The number of Topliss-reactive ketones (excluding diaryl/α,β-unsaturated/α-hetero) is 1. The molecule has 0 aliphatic heterocycles. The molecule has 0 saturated heterocycles. The van der Waals surface area contributed by atoms with E-state index in [4.69, 9.17) is 0 Å². The minimum Gasteiger partial charge on any atom is -0.326 e. The Hall–Kier alpha value is -3.98. The first-order valence-corrected chi connectivity index (χ1v) is 11.2. The van der Waals surface area contributed by atoms with Gasteiger partial charge >= 0.3 is 0 Å². The van der Waals surface area contributed by atoms with E-state index in [0.717, 1.165) is 5.69 Å². The summed E-state index contributed by atoms with van der Waals surface area (Å²) in [5, 5.41) is 11.9. The van der Waals surface area contributed by atoms with Crippen LogP contribution in [0.15, 0.2) is 71.6 Å². The lowest BCUT2D eigenvalue weighted by atomic mass is 9.99. The van der Waals surface area contributed by atoms with Gasteiger partial charge in [0.1, 0.15) is 11.4 Å². The van der Waals surface area contributed by atoms with E-state index >= 15 is 0 Å². The first-order chi connectivity index (χ1) is 16.0. The van der Waals surface area contributed by atoms with Crippen molar-refractivity contribution in [3.8, 4) is 0 Å². The van der Waals surface area contributed by atoms with Gasteiger partial charge in [0.05, 0.1) is 10.5 Å². The number of fused-ring (bicyclic) bond motifs is 1. The summed E-state index contributed by atoms with van der Waals surface area (Å²) < 4.78 is 0. The van der Waals surface area contributed by atoms with Crippen LogP contribution in [0.1, 0.15) is 44.2 Å². The molecule has 0 spiro atoms. The van der Waals surface area contributed by atoms with Gasteiger partial charge in [0.2, 0.25) is 17.5 Å². The van der Waals surface area contributed by atoms with E-state index in [1.54, 1.807) is 36.4 Å². The molecule has 2 aromatic carbocycles. The number of rotatable bonds is 8. The summed E-state index contributed by atoms with van der Waals surface area (Å²) in [6.45, 7) is 0. The molecule has 166 valence electrons. The first kappa shape index (κ1) is 22.2. The zero-order valence-electron chi connectivity index (χ0n) is 17.5. The number of hydrogen-bond donors (Lipinski definition) is 3. The topological polar surface area (TPSA) is 121 Å². The maximum Gasteiger partial charge on any atom is 0.274 e. The van der Waals surface area contributed by atoms with Crippen LogP contribution < -0.4 is 10.6 Å². The summed E-state index contributed by atoms with van der Waals surface area (Å²) in [5.74, 6) is -1.09. The van der Waals surface area contributed by atoms with E-state index in [1.165, 1.54) is 17.8 Å². The Morgan fingerprint density at radius 2 is 1.55 bits per heavy atom. The molecule has 0 radical (unpaired) electrons. The van der Waals surface area contributed by atoms with Crippen LogP contribution in [-0.4, -0.2) is 39.3 Å². The average molecular weight is 461 g/mol. The number of hydrogen-bond acceptors (Lipinski definition) is 6. The molecule has 1 aliphatic rings. The molecule has 0 saturated carbocycles. The van der Waals surface area contributed by atoms with Gasteiger partial charge in [-0.05, 0) is 36.4 Å². The zero-order valence-corrected chi connectivity index (χ0v) is 18.3. The van der Waals surface area contributed by atoms with Crippen LogP contribution in [0.5, 0.6) is 0 Å². The van der Waals surface area contributed by atoms with E-state index in [0.29, 0.717) is 17.9 Å². The van der Waals surface area contributed by atoms with Crippen molar-refractivity contribution >= 4 is 46.5 Å². The highest BCUT2D eigenvalue weighted by atomic mass is 32.2. The number of carbonyl (C=O) groups excluding carboxylic acids is 4. The van der Waals surface area contributed by atoms with Crippen molar-refractivity contribution in [2.45, 2.75) is 12.8 Å². The van der Waals surface area contributed by atoms with Crippen LogP contribution in [-0.2, 0) is 4.79 Å². The molecule has 9 heteroatoms. The number of benzene rings is 2. The molecule has 1 heterocycles. The number of anilines is 2. The Balaban J connectivity index is 1.36. The molecule has 0 atom stereocenters. The number of carbonyl (C=O) groups is 4. The summed E-state index contributed by atoms with van der Waals surface area (Å²) in [4.78, 5) is 50.4. The molecule has 4 rings (SSSR count). The second-order valence-corrected chi connectivity index (χ2v) is 8.35. The van der Waals surface area contributed by atoms with Gasteiger partial charge in [-0.15, -0.1) is 11.8 Å². The molecular formula is C24H20N4O4S. The first-order valence-electron chi connectivity index (χ1n) is 10.3. The Labute approximate surface area is 193 Å². The molecule has 2 amide bonds. The summed E-state index contributed by atoms with van der Waals surface area (Å²) >= 11 is 1.19. The molecule has 33 heavy (non-hydrogen) atoms. The minimum atomic E-state index is -0.556. The van der Waals surface area contributed by atoms with Crippen molar-refractivity contribution in [3.05, 3.63) is 88.6 Å². The van der Waals surface area contributed by atoms with Gasteiger partial charge < -0.3 is 10.6 Å². The monoisotopic (exact) mass is 460 g/mol. The fourth-order valence-corrected chi connectivity index (χ4v) is 4.20. The third kappa shape index (κ3) is 5.27. The van der Waals surface area contributed by atoms with Crippen LogP contribution in [0, 0.1) is 0 Å². The van der Waals surface area contributed by atoms with Crippen LogP contribution in [0.3, 0.4) is 0 Å².